The first-order valence-corrected chi connectivity index (χ1v) is 33.8. The lowest BCUT2D eigenvalue weighted by atomic mass is 9.89. The molecule has 3 aromatic heterocycles. The van der Waals surface area contributed by atoms with Crippen molar-refractivity contribution in [2.75, 3.05) is 0 Å². The summed E-state index contributed by atoms with van der Waals surface area (Å²) in [6.45, 7) is 9.28. The molecule has 0 aliphatic heterocycles. The maximum absolute atomic E-state index is 4.99. The number of benzene rings is 1. The van der Waals surface area contributed by atoms with Crippen LogP contribution in [0.5, 0.6) is 0 Å². The van der Waals surface area contributed by atoms with Crippen LogP contribution >= 0.6 is 66.3 Å². The van der Waals surface area contributed by atoms with Crippen molar-refractivity contribution in [3.8, 4) is 20.9 Å². The summed E-state index contributed by atoms with van der Waals surface area (Å²) in [7, 11) is 0. The van der Waals surface area contributed by atoms with Gasteiger partial charge < -0.3 is 0 Å². The molecule has 1 aromatic carbocycles. The van der Waals surface area contributed by atoms with Gasteiger partial charge >= 0.3 is 0 Å². The summed E-state index contributed by atoms with van der Waals surface area (Å²) in [6.07, 6.45) is 58.6. The van der Waals surface area contributed by atoms with E-state index in [1.54, 1.807) is 0 Å². The van der Waals surface area contributed by atoms with E-state index < -0.39 is 0 Å². The van der Waals surface area contributed by atoms with Crippen molar-refractivity contribution >= 4 is 77.3 Å². The predicted molar refractivity (Wildman–Crippen MR) is 321 cm³/mol. The van der Waals surface area contributed by atoms with Gasteiger partial charge in [-0.25, -0.2) is 0 Å². The molecule has 4 aromatic rings. The molecule has 0 saturated carbocycles. The lowest BCUT2D eigenvalue weighted by Crippen LogP contribution is -2.05. The van der Waals surface area contributed by atoms with E-state index in [4.69, 9.17) is 8.75 Å². The number of aromatic nitrogens is 2. The molecular formula is C62H102Br2N2S3. The van der Waals surface area contributed by atoms with Gasteiger partial charge in [0, 0.05) is 20.9 Å². The third-order valence-corrected chi connectivity index (χ3v) is 19.9. The molecule has 3 heterocycles. The van der Waals surface area contributed by atoms with Gasteiger partial charge in [-0.3, -0.25) is 0 Å². The molecule has 0 radical (unpaired) electrons. The SMILES string of the molecule is CCCCCCCCCCCCC(CCCCCCCCCC)Cc1cc(-c2ccc(-c3cc(CC(CCCCCCCCCC)CCCCCCCCCCCC)c(Br)s3)c3nsnc23)sc1Br. The number of hydrogen-bond donors (Lipinski definition) is 0. The van der Waals surface area contributed by atoms with Crippen LogP contribution in [-0.2, 0) is 12.8 Å². The lowest BCUT2D eigenvalue weighted by molar-refractivity contribution is 0.400. The Bertz CT molecular complexity index is 1700. The van der Waals surface area contributed by atoms with Crippen LogP contribution in [0.15, 0.2) is 31.8 Å². The smallest absolute Gasteiger partial charge is 0.114 e. The van der Waals surface area contributed by atoms with Crippen molar-refractivity contribution in [3.63, 3.8) is 0 Å². The number of rotatable bonds is 46. The highest BCUT2D eigenvalue weighted by Crippen LogP contribution is 2.44. The van der Waals surface area contributed by atoms with E-state index in [9.17, 15) is 0 Å². The van der Waals surface area contributed by atoms with E-state index in [-0.39, 0.29) is 0 Å². The van der Waals surface area contributed by atoms with Crippen LogP contribution in [-0.4, -0.2) is 8.75 Å². The van der Waals surface area contributed by atoms with Crippen LogP contribution in [0.4, 0.5) is 0 Å². The van der Waals surface area contributed by atoms with Crippen LogP contribution < -0.4 is 0 Å². The maximum Gasteiger partial charge on any atom is 0.114 e. The van der Waals surface area contributed by atoms with Gasteiger partial charge in [0.25, 0.3) is 0 Å². The molecule has 0 N–H and O–H groups in total. The molecule has 7 heteroatoms. The molecule has 0 amide bonds. The fourth-order valence-corrected chi connectivity index (χ4v) is 15.0. The minimum absolute atomic E-state index is 0.766. The highest BCUT2D eigenvalue weighted by atomic mass is 79.9. The molecule has 2 nitrogen and oxygen atoms in total. The van der Waals surface area contributed by atoms with Gasteiger partial charge in [0.2, 0.25) is 0 Å². The summed E-state index contributed by atoms with van der Waals surface area (Å²) >= 11 is 13.4. The van der Waals surface area contributed by atoms with Crippen molar-refractivity contribution in [2.24, 2.45) is 11.8 Å². The summed E-state index contributed by atoms with van der Waals surface area (Å²) in [5.74, 6) is 1.53. The van der Waals surface area contributed by atoms with E-state index in [1.807, 2.05) is 22.7 Å². The van der Waals surface area contributed by atoms with Crippen LogP contribution in [0.25, 0.3) is 31.9 Å². The molecule has 0 aliphatic rings. The molecular weight excluding hydrogens is 1030 g/mol. The zero-order valence-electron chi connectivity index (χ0n) is 45.0. The van der Waals surface area contributed by atoms with E-state index in [1.165, 1.54) is 321 Å². The first-order chi connectivity index (χ1) is 34.0. The van der Waals surface area contributed by atoms with Gasteiger partial charge in [-0.05, 0) is 79.8 Å². The first kappa shape index (κ1) is 61.0. The van der Waals surface area contributed by atoms with Gasteiger partial charge in [0.1, 0.15) is 11.0 Å². The van der Waals surface area contributed by atoms with Gasteiger partial charge in [-0.1, -0.05) is 297 Å². The summed E-state index contributed by atoms with van der Waals surface area (Å²) in [5.41, 5.74) is 7.62. The number of fused-ring (bicyclic) bond motifs is 1. The normalized spacial score (nSPS) is 12.8. The standard InChI is InChI=1S/C62H102Br2N2S3/c1-5-9-13-17-21-25-27-31-35-39-43-51(41-37-33-29-23-19-15-11-7-3)47-53-49-57(67-61(53)63)55-45-46-56(60-59(55)65-69-66-60)58-50-54(62(64)68-58)48-52(42-38-34-30-24-20-16-12-8-4)44-40-36-32-28-26-22-18-14-10-6-2/h45-46,49-52H,5-44,47-48H2,1-4H3. The highest BCUT2D eigenvalue weighted by molar-refractivity contribution is 9.11. The van der Waals surface area contributed by atoms with Gasteiger partial charge in [0.15, 0.2) is 0 Å². The minimum Gasteiger partial charge on any atom is -0.172 e. The summed E-state index contributed by atoms with van der Waals surface area (Å²) < 4.78 is 12.6. The predicted octanol–water partition coefficient (Wildman–Crippen LogP) is 24.7. The van der Waals surface area contributed by atoms with Crippen LogP contribution in [0.3, 0.4) is 0 Å². The summed E-state index contributed by atoms with van der Waals surface area (Å²) in [6, 6.07) is 9.71. The van der Waals surface area contributed by atoms with Crippen molar-refractivity contribution in [2.45, 2.75) is 297 Å². The third-order valence-electron chi connectivity index (χ3n) is 15.3. The van der Waals surface area contributed by atoms with Crippen molar-refractivity contribution in [1.29, 1.82) is 0 Å². The Morgan fingerprint density at radius 2 is 0.609 bits per heavy atom. The fraction of sp³-hybridized carbons (Fsp3) is 0.774. The van der Waals surface area contributed by atoms with Crippen molar-refractivity contribution < 1.29 is 0 Å². The minimum atomic E-state index is 0.766. The molecule has 69 heavy (non-hydrogen) atoms. The van der Waals surface area contributed by atoms with E-state index in [0.717, 1.165) is 22.9 Å². The second kappa shape index (κ2) is 39.8. The molecule has 2 unspecified atom stereocenters. The van der Waals surface area contributed by atoms with E-state index in [2.05, 4.69) is 83.8 Å². The van der Waals surface area contributed by atoms with Crippen LogP contribution in [0, 0.1) is 11.8 Å². The Balaban J connectivity index is 1.38. The summed E-state index contributed by atoms with van der Waals surface area (Å²) in [4.78, 5) is 2.66. The fourth-order valence-electron chi connectivity index (χ4n) is 10.9. The van der Waals surface area contributed by atoms with Gasteiger partial charge in [0.05, 0.1) is 19.3 Å². The number of hydrogen-bond acceptors (Lipinski definition) is 5. The quantitative estimate of drug-likeness (QED) is 0.0412. The second-order valence-corrected chi connectivity index (χ2v) is 26.8. The molecule has 392 valence electrons. The monoisotopic (exact) mass is 1130 g/mol. The number of unbranched alkanes of at least 4 members (excludes halogenated alkanes) is 32. The topological polar surface area (TPSA) is 25.8 Å². The zero-order chi connectivity index (χ0) is 49.0. The second-order valence-electron chi connectivity index (χ2n) is 21.6. The first-order valence-electron chi connectivity index (χ1n) is 29.8. The summed E-state index contributed by atoms with van der Waals surface area (Å²) in [5, 5.41) is 0. The third kappa shape index (κ3) is 25.5. The van der Waals surface area contributed by atoms with Crippen LogP contribution in [0.2, 0.25) is 0 Å². The zero-order valence-corrected chi connectivity index (χ0v) is 50.7. The Kier molecular flexibility index (Phi) is 35.2. The Labute approximate surface area is 455 Å². The number of nitrogens with zero attached hydrogens (tertiary/aromatic N) is 2. The van der Waals surface area contributed by atoms with E-state index >= 15 is 0 Å². The van der Waals surface area contributed by atoms with Crippen LogP contribution in [0.1, 0.15) is 296 Å². The maximum atomic E-state index is 4.99. The highest BCUT2D eigenvalue weighted by Gasteiger charge is 2.21. The Hall–Kier alpha value is -0.600. The van der Waals surface area contributed by atoms with Gasteiger partial charge in [-0.15, -0.1) is 22.7 Å². The largest absolute Gasteiger partial charge is 0.172 e. The lowest BCUT2D eigenvalue weighted by Gasteiger charge is -2.17. The van der Waals surface area contributed by atoms with Gasteiger partial charge in [-0.2, -0.15) is 8.75 Å². The average molecular weight is 1130 g/mol. The Morgan fingerprint density at radius 3 is 0.870 bits per heavy atom. The number of thiophene rings is 2. The molecule has 4 rings (SSSR count). The molecule has 0 saturated heterocycles. The van der Waals surface area contributed by atoms with Crippen molar-refractivity contribution in [3.05, 3.63) is 43.0 Å². The number of halogens is 2. The molecule has 0 fully saturated rings. The molecule has 0 spiro atoms. The Morgan fingerprint density at radius 1 is 0.362 bits per heavy atom. The molecule has 0 bridgehead atoms. The average Bonchev–Trinajstić information content (AvgIpc) is 4.09. The molecule has 0 aliphatic carbocycles. The van der Waals surface area contributed by atoms with E-state index in [0.29, 0.717) is 0 Å². The van der Waals surface area contributed by atoms with Crippen molar-refractivity contribution in [1.82, 2.24) is 8.75 Å². The molecule has 2 atom stereocenters.